The van der Waals surface area contributed by atoms with Gasteiger partial charge in [-0.1, -0.05) is 6.07 Å². The Morgan fingerprint density at radius 1 is 1.15 bits per heavy atom. The number of sulfone groups is 1. The molecule has 0 unspecified atom stereocenters. The fraction of sp³-hybridized carbons (Fsp3) is 0.278. The SMILES string of the molecule is Cc1cc(Cc2nccc(Nc3n[nH]c(C)c3C)n2)cc(S(C)(=O)=O)c1. The average molecular weight is 371 g/mol. The van der Waals surface area contributed by atoms with Gasteiger partial charge in [-0.15, -0.1) is 0 Å². The number of aromatic amines is 1. The Hall–Kier alpha value is -2.74. The smallest absolute Gasteiger partial charge is 0.175 e. The second-order valence-corrected chi connectivity index (χ2v) is 8.42. The fourth-order valence-corrected chi connectivity index (χ4v) is 3.37. The molecular weight excluding hydrogens is 350 g/mol. The maximum Gasteiger partial charge on any atom is 0.175 e. The van der Waals surface area contributed by atoms with Gasteiger partial charge in [0.05, 0.1) is 4.90 Å². The molecule has 0 saturated heterocycles. The summed E-state index contributed by atoms with van der Waals surface area (Å²) in [5.41, 5.74) is 3.77. The molecule has 0 fully saturated rings. The predicted octanol–water partition coefficient (Wildman–Crippen LogP) is 2.86. The number of aryl methyl sites for hydroxylation is 2. The summed E-state index contributed by atoms with van der Waals surface area (Å²) < 4.78 is 23.7. The van der Waals surface area contributed by atoms with E-state index in [-0.39, 0.29) is 0 Å². The molecule has 3 aromatic rings. The molecule has 136 valence electrons. The molecule has 26 heavy (non-hydrogen) atoms. The van der Waals surface area contributed by atoms with Gasteiger partial charge in [-0.2, -0.15) is 5.10 Å². The third-order valence-corrected chi connectivity index (χ3v) is 5.20. The van der Waals surface area contributed by atoms with Crippen molar-refractivity contribution in [3.05, 3.63) is 58.7 Å². The highest BCUT2D eigenvalue weighted by atomic mass is 32.2. The van der Waals surface area contributed by atoms with Crippen molar-refractivity contribution in [1.82, 2.24) is 20.2 Å². The summed E-state index contributed by atoms with van der Waals surface area (Å²) in [5.74, 6) is 1.97. The lowest BCUT2D eigenvalue weighted by Crippen LogP contribution is -2.03. The normalized spacial score (nSPS) is 11.5. The van der Waals surface area contributed by atoms with Crippen LogP contribution in [0.2, 0.25) is 0 Å². The predicted molar refractivity (Wildman–Crippen MR) is 100 cm³/mol. The second-order valence-electron chi connectivity index (χ2n) is 6.41. The number of nitrogens with zero attached hydrogens (tertiary/aromatic N) is 3. The van der Waals surface area contributed by atoms with Crippen molar-refractivity contribution in [2.75, 3.05) is 11.6 Å². The van der Waals surface area contributed by atoms with Gasteiger partial charge >= 0.3 is 0 Å². The summed E-state index contributed by atoms with van der Waals surface area (Å²) in [5, 5.41) is 10.3. The largest absolute Gasteiger partial charge is 0.323 e. The van der Waals surface area contributed by atoms with Gasteiger partial charge in [0.2, 0.25) is 0 Å². The van der Waals surface area contributed by atoms with Crippen LogP contribution in [0.3, 0.4) is 0 Å². The Balaban J connectivity index is 1.85. The third kappa shape index (κ3) is 4.08. The minimum absolute atomic E-state index is 0.310. The van der Waals surface area contributed by atoms with Crippen molar-refractivity contribution in [2.45, 2.75) is 32.1 Å². The number of nitrogens with one attached hydrogen (secondary N) is 2. The van der Waals surface area contributed by atoms with Crippen LogP contribution in [-0.2, 0) is 16.3 Å². The maximum absolute atomic E-state index is 11.8. The second kappa shape index (κ2) is 6.87. The van der Waals surface area contributed by atoms with Crippen LogP contribution in [-0.4, -0.2) is 34.8 Å². The molecule has 2 aromatic heterocycles. The zero-order valence-electron chi connectivity index (χ0n) is 15.2. The van der Waals surface area contributed by atoms with Gasteiger partial charge in [-0.05, 0) is 50.1 Å². The highest BCUT2D eigenvalue weighted by molar-refractivity contribution is 7.90. The number of H-pyrrole nitrogens is 1. The molecule has 0 amide bonds. The zero-order valence-corrected chi connectivity index (χ0v) is 16.0. The number of aromatic nitrogens is 4. The Bertz CT molecular complexity index is 1060. The number of rotatable bonds is 5. The highest BCUT2D eigenvalue weighted by Crippen LogP contribution is 2.20. The van der Waals surface area contributed by atoms with Crippen molar-refractivity contribution in [1.29, 1.82) is 0 Å². The summed E-state index contributed by atoms with van der Waals surface area (Å²) in [6.07, 6.45) is 3.33. The monoisotopic (exact) mass is 371 g/mol. The summed E-state index contributed by atoms with van der Waals surface area (Å²) in [6, 6.07) is 7.05. The molecule has 2 N–H and O–H groups in total. The number of hydrogen-bond donors (Lipinski definition) is 2. The van der Waals surface area contributed by atoms with E-state index in [2.05, 4.69) is 25.5 Å². The molecule has 1 aromatic carbocycles. The Kier molecular flexibility index (Phi) is 4.78. The Morgan fingerprint density at radius 2 is 1.92 bits per heavy atom. The van der Waals surface area contributed by atoms with Gasteiger partial charge in [0.25, 0.3) is 0 Å². The first-order valence-corrected chi connectivity index (χ1v) is 10.0. The lowest BCUT2D eigenvalue weighted by atomic mass is 10.1. The molecule has 0 aliphatic carbocycles. The van der Waals surface area contributed by atoms with Gasteiger partial charge in [0, 0.05) is 30.1 Å². The zero-order chi connectivity index (χ0) is 18.9. The van der Waals surface area contributed by atoms with Crippen molar-refractivity contribution in [2.24, 2.45) is 0 Å². The molecule has 7 nitrogen and oxygen atoms in total. The third-order valence-electron chi connectivity index (χ3n) is 4.11. The van der Waals surface area contributed by atoms with Crippen molar-refractivity contribution in [3.8, 4) is 0 Å². The quantitative estimate of drug-likeness (QED) is 0.715. The first-order chi connectivity index (χ1) is 12.2. The molecule has 0 bridgehead atoms. The summed E-state index contributed by atoms with van der Waals surface area (Å²) in [7, 11) is -3.26. The van der Waals surface area contributed by atoms with Gasteiger partial charge < -0.3 is 5.32 Å². The van der Waals surface area contributed by atoms with Gasteiger partial charge in [-0.3, -0.25) is 5.10 Å². The first kappa shape index (κ1) is 18.1. The lowest BCUT2D eigenvalue weighted by Gasteiger charge is -2.08. The lowest BCUT2D eigenvalue weighted by molar-refractivity contribution is 0.601. The standard InChI is InChI=1S/C18H21N5O2S/c1-11-7-14(9-15(8-11)26(4,24)25)10-17-19-6-5-16(20-17)21-18-12(2)13(3)22-23-18/h5-9H,10H2,1-4H3,(H2,19,20,21,22,23). The van der Waals surface area contributed by atoms with Gasteiger partial charge in [0.15, 0.2) is 15.7 Å². The van der Waals surface area contributed by atoms with E-state index in [9.17, 15) is 8.42 Å². The van der Waals surface area contributed by atoms with Crippen LogP contribution in [0.15, 0.2) is 35.4 Å². The number of benzene rings is 1. The van der Waals surface area contributed by atoms with E-state index >= 15 is 0 Å². The number of hydrogen-bond acceptors (Lipinski definition) is 6. The molecular formula is C18H21N5O2S. The summed E-state index contributed by atoms with van der Waals surface area (Å²) in [4.78, 5) is 9.12. The molecule has 0 aliphatic rings. The Labute approximate surface area is 152 Å². The molecule has 2 heterocycles. The van der Waals surface area contributed by atoms with E-state index in [1.807, 2.05) is 26.8 Å². The van der Waals surface area contributed by atoms with Crippen molar-refractivity contribution >= 4 is 21.5 Å². The minimum atomic E-state index is -3.26. The van der Waals surface area contributed by atoms with Crippen LogP contribution < -0.4 is 5.32 Å². The summed E-state index contributed by atoms with van der Waals surface area (Å²) in [6.45, 7) is 5.80. The van der Waals surface area contributed by atoms with Crippen molar-refractivity contribution < 1.29 is 8.42 Å². The molecule has 0 atom stereocenters. The van der Waals surface area contributed by atoms with E-state index in [1.54, 1.807) is 24.4 Å². The van der Waals surface area contributed by atoms with Crippen LogP contribution in [0.4, 0.5) is 11.6 Å². The topological polar surface area (TPSA) is 101 Å². The average Bonchev–Trinajstić information content (AvgIpc) is 2.86. The van der Waals surface area contributed by atoms with Crippen LogP contribution in [0.1, 0.15) is 28.2 Å². The number of anilines is 2. The fourth-order valence-electron chi connectivity index (χ4n) is 2.61. The molecule has 8 heteroatoms. The molecule has 3 rings (SSSR count). The van der Waals surface area contributed by atoms with E-state index < -0.39 is 9.84 Å². The molecule has 0 saturated carbocycles. The van der Waals surface area contributed by atoms with Crippen molar-refractivity contribution in [3.63, 3.8) is 0 Å². The molecule has 0 aliphatic heterocycles. The van der Waals surface area contributed by atoms with Crippen LogP contribution in [0.5, 0.6) is 0 Å². The van der Waals surface area contributed by atoms with Crippen LogP contribution in [0, 0.1) is 20.8 Å². The van der Waals surface area contributed by atoms with E-state index in [4.69, 9.17) is 0 Å². The van der Waals surface area contributed by atoms with E-state index in [0.717, 1.165) is 28.2 Å². The highest BCUT2D eigenvalue weighted by Gasteiger charge is 2.11. The van der Waals surface area contributed by atoms with E-state index in [1.165, 1.54) is 6.26 Å². The maximum atomic E-state index is 11.8. The molecule has 0 spiro atoms. The Morgan fingerprint density at radius 3 is 2.58 bits per heavy atom. The minimum Gasteiger partial charge on any atom is -0.323 e. The first-order valence-electron chi connectivity index (χ1n) is 8.13. The van der Waals surface area contributed by atoms with Gasteiger partial charge in [-0.25, -0.2) is 18.4 Å². The van der Waals surface area contributed by atoms with E-state index in [0.29, 0.717) is 23.0 Å². The van der Waals surface area contributed by atoms with Gasteiger partial charge in [0.1, 0.15) is 11.6 Å². The van der Waals surface area contributed by atoms with Crippen LogP contribution >= 0.6 is 0 Å². The summed E-state index contributed by atoms with van der Waals surface area (Å²) >= 11 is 0. The molecule has 0 radical (unpaired) electrons. The van der Waals surface area contributed by atoms with Crippen LogP contribution in [0.25, 0.3) is 0 Å².